The van der Waals surface area contributed by atoms with E-state index in [1.807, 2.05) is 13.8 Å². The lowest BCUT2D eigenvalue weighted by molar-refractivity contribution is 0.517. The number of fused-ring (bicyclic) bond motifs is 4. The number of rotatable bonds is 1. The normalized spacial score (nSPS) is 14.6. The molecular weight excluding hydrogens is 384 g/mol. The van der Waals surface area contributed by atoms with Crippen molar-refractivity contribution >= 4 is 28.2 Å². The molecule has 2 N–H and O–H groups in total. The van der Waals surface area contributed by atoms with Gasteiger partial charge in [0.15, 0.2) is 11.6 Å². The first-order valence-corrected chi connectivity index (χ1v) is 9.16. The van der Waals surface area contributed by atoms with Gasteiger partial charge in [0, 0.05) is 17.6 Å². The SMILES string of the molecule is Cc1nnc2n1-c1c(cc(F)c(-c3ccc(Cl)c4[nH]ccc34)c1F)NC2(C)C. The number of nitrogens with one attached hydrogen (secondary N) is 2. The average molecular weight is 400 g/mol. The molecule has 3 heterocycles. The first-order chi connectivity index (χ1) is 13.3. The molecule has 0 radical (unpaired) electrons. The molecule has 5 rings (SSSR count). The lowest BCUT2D eigenvalue weighted by atomic mass is 9.95. The van der Waals surface area contributed by atoms with Crippen LogP contribution in [0.15, 0.2) is 30.5 Å². The van der Waals surface area contributed by atoms with Crippen LogP contribution in [0.4, 0.5) is 14.5 Å². The van der Waals surface area contributed by atoms with Gasteiger partial charge in [0.05, 0.1) is 27.3 Å². The predicted octanol–water partition coefficient (Wildman–Crippen LogP) is 5.32. The van der Waals surface area contributed by atoms with Crippen LogP contribution in [0.1, 0.15) is 25.5 Å². The van der Waals surface area contributed by atoms with E-state index in [-0.39, 0.29) is 11.3 Å². The van der Waals surface area contributed by atoms with E-state index >= 15 is 8.78 Å². The molecular formula is C20H16ClF2N5. The Kier molecular flexibility index (Phi) is 3.40. The van der Waals surface area contributed by atoms with E-state index in [0.717, 1.165) is 0 Å². The molecule has 0 saturated carbocycles. The standard InChI is InChI=1S/C20H16ClF2N5/c1-9-26-27-19-20(2,3)25-14-8-13(22)15(16(23)18(14)28(9)19)10-4-5-12(21)17-11(10)6-7-24-17/h4-8,24-25H,1-3H3. The van der Waals surface area contributed by atoms with E-state index in [4.69, 9.17) is 11.6 Å². The van der Waals surface area contributed by atoms with Gasteiger partial charge in [0.1, 0.15) is 17.3 Å². The first kappa shape index (κ1) is 17.2. The van der Waals surface area contributed by atoms with Gasteiger partial charge in [0.2, 0.25) is 0 Å². The zero-order valence-electron chi connectivity index (χ0n) is 15.4. The lowest BCUT2D eigenvalue weighted by Crippen LogP contribution is -2.36. The largest absolute Gasteiger partial charge is 0.371 e. The smallest absolute Gasteiger partial charge is 0.162 e. The number of halogens is 3. The van der Waals surface area contributed by atoms with E-state index in [2.05, 4.69) is 20.5 Å². The number of nitrogens with zero attached hydrogens (tertiary/aromatic N) is 3. The van der Waals surface area contributed by atoms with Crippen LogP contribution in [0.5, 0.6) is 0 Å². The minimum Gasteiger partial charge on any atom is -0.371 e. The molecule has 8 heteroatoms. The van der Waals surface area contributed by atoms with E-state index in [1.54, 1.807) is 35.9 Å². The second-order valence-electron chi connectivity index (χ2n) is 7.46. The lowest BCUT2D eigenvalue weighted by Gasteiger charge is -2.34. The highest BCUT2D eigenvalue weighted by Crippen LogP contribution is 2.43. The van der Waals surface area contributed by atoms with Crippen LogP contribution in [0, 0.1) is 18.6 Å². The highest BCUT2D eigenvalue weighted by atomic mass is 35.5. The van der Waals surface area contributed by atoms with Gasteiger partial charge in [-0.1, -0.05) is 17.7 Å². The molecule has 142 valence electrons. The van der Waals surface area contributed by atoms with Crippen molar-refractivity contribution in [1.82, 2.24) is 19.7 Å². The van der Waals surface area contributed by atoms with Crippen molar-refractivity contribution in [1.29, 1.82) is 0 Å². The van der Waals surface area contributed by atoms with Crippen molar-refractivity contribution in [2.75, 3.05) is 5.32 Å². The minimum absolute atomic E-state index is 0.111. The molecule has 0 spiro atoms. The predicted molar refractivity (Wildman–Crippen MR) is 105 cm³/mol. The maximum Gasteiger partial charge on any atom is 0.162 e. The Labute approximate surface area is 164 Å². The van der Waals surface area contributed by atoms with Crippen molar-refractivity contribution in [2.45, 2.75) is 26.3 Å². The van der Waals surface area contributed by atoms with Crippen LogP contribution in [0.2, 0.25) is 5.02 Å². The highest BCUT2D eigenvalue weighted by Gasteiger charge is 2.37. The van der Waals surface area contributed by atoms with Gasteiger partial charge in [-0.15, -0.1) is 10.2 Å². The zero-order valence-corrected chi connectivity index (χ0v) is 16.1. The molecule has 0 aliphatic carbocycles. The Morgan fingerprint density at radius 2 is 1.93 bits per heavy atom. The summed E-state index contributed by atoms with van der Waals surface area (Å²) in [5, 5.41) is 12.6. The molecule has 0 atom stereocenters. The Morgan fingerprint density at radius 1 is 1.14 bits per heavy atom. The maximum absolute atomic E-state index is 15.8. The summed E-state index contributed by atoms with van der Waals surface area (Å²) >= 11 is 6.21. The quantitative estimate of drug-likeness (QED) is 0.455. The second kappa shape index (κ2) is 5.54. The second-order valence-corrected chi connectivity index (χ2v) is 7.87. The average Bonchev–Trinajstić information content (AvgIpc) is 3.25. The molecule has 0 amide bonds. The van der Waals surface area contributed by atoms with Gasteiger partial charge in [-0.3, -0.25) is 4.57 Å². The van der Waals surface area contributed by atoms with Crippen molar-refractivity contribution in [3.63, 3.8) is 0 Å². The molecule has 5 nitrogen and oxygen atoms in total. The number of anilines is 1. The fourth-order valence-corrected chi connectivity index (χ4v) is 4.16. The summed E-state index contributed by atoms with van der Waals surface area (Å²) in [6.07, 6.45) is 1.69. The molecule has 4 aromatic rings. The van der Waals surface area contributed by atoms with Crippen molar-refractivity contribution < 1.29 is 8.78 Å². The minimum atomic E-state index is -0.674. The van der Waals surface area contributed by atoms with Crippen LogP contribution in [0.25, 0.3) is 27.7 Å². The Morgan fingerprint density at radius 3 is 2.71 bits per heavy atom. The summed E-state index contributed by atoms with van der Waals surface area (Å²) in [4.78, 5) is 3.02. The van der Waals surface area contributed by atoms with Crippen molar-refractivity contribution in [2.24, 2.45) is 0 Å². The molecule has 0 fully saturated rings. The van der Waals surface area contributed by atoms with Gasteiger partial charge in [-0.05, 0) is 38.5 Å². The summed E-state index contributed by atoms with van der Waals surface area (Å²) in [6.45, 7) is 5.53. The van der Waals surface area contributed by atoms with Gasteiger partial charge in [-0.2, -0.15) is 0 Å². The van der Waals surface area contributed by atoms with Gasteiger partial charge >= 0.3 is 0 Å². The summed E-state index contributed by atoms with van der Waals surface area (Å²) in [5.74, 6) is -0.229. The third-order valence-electron chi connectivity index (χ3n) is 5.19. The van der Waals surface area contributed by atoms with Crippen molar-refractivity contribution in [3.05, 3.63) is 58.8 Å². The number of hydrogen-bond donors (Lipinski definition) is 2. The highest BCUT2D eigenvalue weighted by molar-refractivity contribution is 6.35. The van der Waals surface area contributed by atoms with Gasteiger partial charge < -0.3 is 10.3 Å². The molecule has 1 aliphatic heterocycles. The number of aromatic nitrogens is 4. The van der Waals surface area contributed by atoms with E-state index in [0.29, 0.717) is 38.8 Å². The summed E-state index contributed by atoms with van der Waals surface area (Å²) < 4.78 is 32.6. The zero-order chi connectivity index (χ0) is 19.8. The number of aromatic amines is 1. The van der Waals surface area contributed by atoms with Crippen LogP contribution in [-0.4, -0.2) is 19.7 Å². The molecule has 0 unspecified atom stereocenters. The molecule has 2 aromatic heterocycles. The maximum atomic E-state index is 15.8. The van der Waals surface area contributed by atoms with Crippen LogP contribution in [-0.2, 0) is 5.54 Å². The first-order valence-electron chi connectivity index (χ1n) is 8.78. The monoisotopic (exact) mass is 399 g/mol. The summed E-state index contributed by atoms with van der Waals surface area (Å²) in [5.41, 5.74) is 0.903. The Bertz CT molecular complexity index is 1270. The molecule has 0 saturated heterocycles. The molecule has 0 bridgehead atoms. The number of aryl methyl sites for hydroxylation is 1. The third-order valence-corrected chi connectivity index (χ3v) is 5.50. The fourth-order valence-electron chi connectivity index (χ4n) is 3.94. The van der Waals surface area contributed by atoms with Crippen LogP contribution >= 0.6 is 11.6 Å². The summed E-state index contributed by atoms with van der Waals surface area (Å²) in [7, 11) is 0. The number of hydrogen-bond acceptors (Lipinski definition) is 3. The van der Waals surface area contributed by atoms with E-state index in [9.17, 15) is 0 Å². The number of H-pyrrole nitrogens is 1. The van der Waals surface area contributed by atoms with Crippen molar-refractivity contribution in [3.8, 4) is 16.8 Å². The number of benzene rings is 2. The van der Waals surface area contributed by atoms with Gasteiger partial charge in [-0.25, -0.2) is 8.78 Å². The Hall–Kier alpha value is -2.93. The Balaban J connectivity index is 1.86. The summed E-state index contributed by atoms with van der Waals surface area (Å²) in [6, 6.07) is 6.34. The fraction of sp³-hybridized carbons (Fsp3) is 0.200. The van der Waals surface area contributed by atoms with E-state index in [1.165, 1.54) is 6.07 Å². The van der Waals surface area contributed by atoms with E-state index < -0.39 is 17.2 Å². The van der Waals surface area contributed by atoms with Gasteiger partial charge in [0.25, 0.3) is 0 Å². The molecule has 1 aliphatic rings. The third kappa shape index (κ3) is 2.16. The van der Waals surface area contributed by atoms with Crippen LogP contribution < -0.4 is 5.32 Å². The molecule has 2 aromatic carbocycles. The molecule has 28 heavy (non-hydrogen) atoms. The van der Waals surface area contributed by atoms with Crippen LogP contribution in [0.3, 0.4) is 0 Å². The topological polar surface area (TPSA) is 58.5 Å².